The Kier molecular flexibility index (Phi) is 5.82. The molecule has 0 radical (unpaired) electrons. The molecular formula is C25H29ClN2O2S. The molecule has 0 bridgehead atoms. The van der Waals surface area contributed by atoms with E-state index in [-0.39, 0.29) is 17.4 Å². The number of halogens is 1. The van der Waals surface area contributed by atoms with E-state index in [1.165, 1.54) is 0 Å². The molecule has 1 aromatic heterocycles. The SMILES string of the molecule is O=C(Cc1cccs1)N1CC[C@H]2[C@H](CCCN2C(=O)C2(c3ccc(Cl)cc3)CCC2)C1. The second-order valence-electron chi connectivity index (χ2n) is 9.30. The smallest absolute Gasteiger partial charge is 0.233 e. The molecule has 2 atom stereocenters. The first-order valence-electron chi connectivity index (χ1n) is 11.4. The van der Waals surface area contributed by atoms with Crippen LogP contribution in [0.2, 0.25) is 5.02 Å². The van der Waals surface area contributed by atoms with Gasteiger partial charge < -0.3 is 9.80 Å². The van der Waals surface area contributed by atoms with E-state index in [2.05, 4.69) is 4.90 Å². The van der Waals surface area contributed by atoms with Gasteiger partial charge in [-0.3, -0.25) is 9.59 Å². The predicted octanol–water partition coefficient (Wildman–Crippen LogP) is 4.91. The maximum absolute atomic E-state index is 13.9. The molecule has 0 N–H and O–H groups in total. The first-order chi connectivity index (χ1) is 15.1. The fourth-order valence-corrected chi connectivity index (χ4v) is 6.58. The van der Waals surface area contributed by atoms with Gasteiger partial charge in [0.25, 0.3) is 0 Å². The van der Waals surface area contributed by atoms with Crippen LogP contribution in [0.25, 0.3) is 0 Å². The summed E-state index contributed by atoms with van der Waals surface area (Å²) in [6.45, 7) is 2.38. The van der Waals surface area contributed by atoms with Crippen molar-refractivity contribution >= 4 is 34.8 Å². The van der Waals surface area contributed by atoms with E-state index in [1.807, 2.05) is 46.7 Å². The molecule has 3 aliphatic rings. The summed E-state index contributed by atoms with van der Waals surface area (Å²) < 4.78 is 0. The summed E-state index contributed by atoms with van der Waals surface area (Å²) in [5.41, 5.74) is 0.734. The van der Waals surface area contributed by atoms with Gasteiger partial charge in [-0.25, -0.2) is 0 Å². The van der Waals surface area contributed by atoms with Crippen LogP contribution in [0.4, 0.5) is 0 Å². The molecule has 31 heavy (non-hydrogen) atoms. The van der Waals surface area contributed by atoms with Crippen LogP contribution in [0.1, 0.15) is 49.0 Å². The highest BCUT2D eigenvalue weighted by Gasteiger charge is 2.50. The van der Waals surface area contributed by atoms with Crippen LogP contribution in [0.5, 0.6) is 0 Å². The Balaban J connectivity index is 1.30. The summed E-state index contributed by atoms with van der Waals surface area (Å²) in [5.74, 6) is 0.913. The molecular weight excluding hydrogens is 428 g/mol. The third-order valence-corrected chi connectivity index (χ3v) is 8.73. The summed E-state index contributed by atoms with van der Waals surface area (Å²) in [4.78, 5) is 32.1. The van der Waals surface area contributed by atoms with Crippen molar-refractivity contribution in [1.82, 2.24) is 9.80 Å². The van der Waals surface area contributed by atoms with Gasteiger partial charge in [-0.15, -0.1) is 11.3 Å². The number of rotatable bonds is 4. The zero-order valence-electron chi connectivity index (χ0n) is 17.8. The van der Waals surface area contributed by atoms with Crippen molar-refractivity contribution in [1.29, 1.82) is 0 Å². The highest BCUT2D eigenvalue weighted by Crippen LogP contribution is 2.47. The van der Waals surface area contributed by atoms with E-state index < -0.39 is 0 Å². The fraction of sp³-hybridized carbons (Fsp3) is 0.520. The highest BCUT2D eigenvalue weighted by molar-refractivity contribution is 7.10. The summed E-state index contributed by atoms with van der Waals surface area (Å²) in [6.07, 6.45) is 6.46. The van der Waals surface area contributed by atoms with Gasteiger partial charge in [-0.1, -0.05) is 36.2 Å². The van der Waals surface area contributed by atoms with Gasteiger partial charge in [0.15, 0.2) is 0 Å². The topological polar surface area (TPSA) is 40.6 Å². The molecule has 2 saturated heterocycles. The molecule has 6 heteroatoms. The Labute approximate surface area is 193 Å². The summed E-state index contributed by atoms with van der Waals surface area (Å²) in [7, 11) is 0. The van der Waals surface area contributed by atoms with Gasteiger partial charge in [0.1, 0.15) is 0 Å². The van der Waals surface area contributed by atoms with Crippen molar-refractivity contribution < 1.29 is 9.59 Å². The minimum atomic E-state index is -0.376. The van der Waals surface area contributed by atoms with Crippen molar-refractivity contribution in [2.45, 2.75) is 56.4 Å². The molecule has 0 unspecified atom stereocenters. The standard InChI is InChI=1S/C25H29ClN2O2S/c26-20-8-6-19(7-9-20)25(11-3-12-25)24(30)28-13-1-4-18-17-27(14-10-22(18)28)23(29)16-21-5-2-15-31-21/h2,5-9,15,18,22H,1,3-4,10-14,16-17H2/t18-,22+/m1/s1. The van der Waals surface area contributed by atoms with Crippen LogP contribution in [-0.2, 0) is 21.4 Å². The molecule has 2 aromatic rings. The van der Waals surface area contributed by atoms with Crippen LogP contribution >= 0.6 is 22.9 Å². The molecule has 2 aliphatic heterocycles. The number of amides is 2. The van der Waals surface area contributed by atoms with E-state index in [9.17, 15) is 9.59 Å². The van der Waals surface area contributed by atoms with E-state index in [0.717, 1.165) is 68.6 Å². The molecule has 4 nitrogen and oxygen atoms in total. The fourth-order valence-electron chi connectivity index (χ4n) is 5.76. The van der Waals surface area contributed by atoms with Crippen LogP contribution in [0.3, 0.4) is 0 Å². The molecule has 164 valence electrons. The van der Waals surface area contributed by atoms with Crippen LogP contribution in [0, 0.1) is 5.92 Å². The van der Waals surface area contributed by atoms with Crippen molar-refractivity contribution in [2.75, 3.05) is 19.6 Å². The second kappa shape index (κ2) is 8.59. The van der Waals surface area contributed by atoms with E-state index in [0.29, 0.717) is 23.3 Å². The number of hydrogen-bond acceptors (Lipinski definition) is 3. The Morgan fingerprint density at radius 3 is 2.55 bits per heavy atom. The lowest BCUT2D eigenvalue weighted by molar-refractivity contribution is -0.149. The maximum atomic E-state index is 13.9. The summed E-state index contributed by atoms with van der Waals surface area (Å²) in [6, 6.07) is 12.2. The monoisotopic (exact) mass is 456 g/mol. The lowest BCUT2D eigenvalue weighted by Gasteiger charge is -2.52. The average molecular weight is 457 g/mol. The lowest BCUT2D eigenvalue weighted by atomic mass is 9.63. The van der Waals surface area contributed by atoms with Gasteiger partial charge in [-0.2, -0.15) is 0 Å². The first-order valence-corrected chi connectivity index (χ1v) is 12.7. The molecule has 5 rings (SSSR count). The molecule has 1 aromatic carbocycles. The quantitative estimate of drug-likeness (QED) is 0.656. The molecule has 2 amide bonds. The Hall–Kier alpha value is -1.85. The van der Waals surface area contributed by atoms with Crippen molar-refractivity contribution in [3.63, 3.8) is 0 Å². The van der Waals surface area contributed by atoms with E-state index >= 15 is 0 Å². The van der Waals surface area contributed by atoms with Crippen molar-refractivity contribution in [3.8, 4) is 0 Å². The summed E-state index contributed by atoms with van der Waals surface area (Å²) in [5, 5.41) is 2.74. The minimum Gasteiger partial charge on any atom is -0.342 e. The zero-order valence-corrected chi connectivity index (χ0v) is 19.3. The first kappa shape index (κ1) is 21.0. The number of likely N-dealkylation sites (tertiary alicyclic amines) is 2. The predicted molar refractivity (Wildman–Crippen MR) is 124 cm³/mol. The van der Waals surface area contributed by atoms with Gasteiger partial charge in [0.05, 0.1) is 11.8 Å². The van der Waals surface area contributed by atoms with Crippen LogP contribution in [0.15, 0.2) is 41.8 Å². The zero-order chi connectivity index (χ0) is 21.4. The third-order valence-electron chi connectivity index (χ3n) is 7.60. The molecule has 0 spiro atoms. The van der Waals surface area contributed by atoms with Gasteiger partial charge in [0.2, 0.25) is 11.8 Å². The Bertz CT molecular complexity index is 939. The Morgan fingerprint density at radius 1 is 1.06 bits per heavy atom. The normalized spacial score (nSPS) is 24.9. The maximum Gasteiger partial charge on any atom is 0.233 e. The molecule has 3 fully saturated rings. The number of piperidine rings is 2. The molecule has 1 saturated carbocycles. The van der Waals surface area contributed by atoms with Gasteiger partial charge >= 0.3 is 0 Å². The third kappa shape index (κ3) is 3.91. The number of carbonyl (C=O) groups is 2. The number of benzene rings is 1. The van der Waals surface area contributed by atoms with E-state index in [4.69, 9.17) is 11.6 Å². The molecule has 3 heterocycles. The van der Waals surface area contributed by atoms with Crippen molar-refractivity contribution in [2.24, 2.45) is 5.92 Å². The van der Waals surface area contributed by atoms with Gasteiger partial charge in [0, 0.05) is 35.6 Å². The Morgan fingerprint density at radius 2 is 1.87 bits per heavy atom. The number of nitrogens with zero attached hydrogens (tertiary/aromatic N) is 2. The largest absolute Gasteiger partial charge is 0.342 e. The number of thiophene rings is 1. The average Bonchev–Trinajstić information content (AvgIpc) is 3.26. The molecule has 1 aliphatic carbocycles. The second-order valence-corrected chi connectivity index (χ2v) is 10.8. The van der Waals surface area contributed by atoms with E-state index in [1.54, 1.807) is 11.3 Å². The van der Waals surface area contributed by atoms with Crippen molar-refractivity contribution in [3.05, 3.63) is 57.2 Å². The number of hydrogen-bond donors (Lipinski definition) is 0. The number of carbonyl (C=O) groups excluding carboxylic acids is 2. The lowest BCUT2D eigenvalue weighted by Crippen LogP contribution is -2.61. The highest BCUT2D eigenvalue weighted by atomic mass is 35.5. The number of fused-ring (bicyclic) bond motifs is 1. The van der Waals surface area contributed by atoms with Gasteiger partial charge in [-0.05, 0) is 67.2 Å². The minimum absolute atomic E-state index is 0.223. The summed E-state index contributed by atoms with van der Waals surface area (Å²) >= 11 is 7.74. The van der Waals surface area contributed by atoms with Crippen LogP contribution in [-0.4, -0.2) is 47.3 Å². The van der Waals surface area contributed by atoms with Crippen LogP contribution < -0.4 is 0 Å².